The van der Waals surface area contributed by atoms with Crippen LogP contribution in [0.4, 0.5) is 11.5 Å². The molecule has 0 amide bonds. The summed E-state index contributed by atoms with van der Waals surface area (Å²) in [4.78, 5) is 15.1. The monoisotopic (exact) mass is 476 g/mol. The van der Waals surface area contributed by atoms with Crippen molar-refractivity contribution in [2.45, 2.75) is 38.5 Å². The summed E-state index contributed by atoms with van der Waals surface area (Å²) < 4.78 is 16.8. The highest BCUT2D eigenvalue weighted by Gasteiger charge is 2.27. The van der Waals surface area contributed by atoms with Crippen molar-refractivity contribution in [3.05, 3.63) is 42.2 Å². The SMILES string of the molecule is COc1cc2nc(C3CCC(C)CC3)nc(N3CCN(c4ccccc4OC)CC3)c2cc1OC. The van der Waals surface area contributed by atoms with E-state index in [1.807, 2.05) is 24.3 Å². The van der Waals surface area contributed by atoms with Gasteiger partial charge in [0.15, 0.2) is 11.5 Å². The zero-order valence-corrected chi connectivity index (χ0v) is 21.3. The van der Waals surface area contributed by atoms with Gasteiger partial charge in [0.2, 0.25) is 0 Å². The van der Waals surface area contributed by atoms with Crippen molar-refractivity contribution < 1.29 is 14.2 Å². The summed E-state index contributed by atoms with van der Waals surface area (Å²) in [5.41, 5.74) is 2.07. The van der Waals surface area contributed by atoms with E-state index in [4.69, 9.17) is 24.2 Å². The van der Waals surface area contributed by atoms with Crippen LogP contribution in [0.3, 0.4) is 0 Å². The lowest BCUT2D eigenvalue weighted by Crippen LogP contribution is -2.47. The summed E-state index contributed by atoms with van der Waals surface area (Å²) in [6, 6.07) is 12.3. The quantitative estimate of drug-likeness (QED) is 0.480. The van der Waals surface area contributed by atoms with Crippen molar-refractivity contribution in [1.29, 1.82) is 0 Å². The van der Waals surface area contributed by atoms with Crippen molar-refractivity contribution in [3.63, 3.8) is 0 Å². The van der Waals surface area contributed by atoms with Crippen LogP contribution in [0.25, 0.3) is 10.9 Å². The molecule has 0 N–H and O–H groups in total. The van der Waals surface area contributed by atoms with Gasteiger partial charge in [-0.05, 0) is 37.0 Å². The molecule has 0 atom stereocenters. The molecule has 186 valence electrons. The maximum Gasteiger partial charge on any atom is 0.162 e. The van der Waals surface area contributed by atoms with Gasteiger partial charge in [-0.2, -0.15) is 0 Å². The van der Waals surface area contributed by atoms with Crippen molar-refractivity contribution >= 4 is 22.4 Å². The molecule has 1 saturated carbocycles. The van der Waals surface area contributed by atoms with Gasteiger partial charge in [-0.1, -0.05) is 31.9 Å². The van der Waals surface area contributed by atoms with E-state index >= 15 is 0 Å². The van der Waals surface area contributed by atoms with E-state index < -0.39 is 0 Å². The van der Waals surface area contributed by atoms with Crippen LogP contribution in [0, 0.1) is 5.92 Å². The molecular weight excluding hydrogens is 440 g/mol. The van der Waals surface area contributed by atoms with Crippen molar-refractivity contribution in [2.75, 3.05) is 57.3 Å². The van der Waals surface area contributed by atoms with Crippen molar-refractivity contribution in [3.8, 4) is 17.2 Å². The lowest BCUT2D eigenvalue weighted by Gasteiger charge is -2.38. The average molecular weight is 477 g/mol. The Hall–Kier alpha value is -3.22. The first-order chi connectivity index (χ1) is 17.1. The number of ether oxygens (including phenoxy) is 3. The Morgan fingerprint density at radius 2 is 1.37 bits per heavy atom. The molecule has 35 heavy (non-hydrogen) atoms. The normalized spacial score (nSPS) is 20.7. The fourth-order valence-electron chi connectivity index (χ4n) is 5.45. The molecule has 5 rings (SSSR count). The first-order valence-electron chi connectivity index (χ1n) is 12.7. The standard InChI is InChI=1S/C28H36N4O3/c1-19-9-11-20(12-10-19)27-29-22-18-26(35-4)25(34-3)17-21(22)28(30-27)32-15-13-31(14-16-32)23-7-5-6-8-24(23)33-2/h5-8,17-20H,9-16H2,1-4H3. The third-order valence-corrected chi connectivity index (χ3v) is 7.58. The average Bonchev–Trinajstić information content (AvgIpc) is 2.92. The molecule has 1 aliphatic carbocycles. The molecule has 0 unspecified atom stereocenters. The van der Waals surface area contributed by atoms with Gasteiger partial charge in [0.05, 0.1) is 32.5 Å². The molecule has 1 aromatic heterocycles. The zero-order chi connectivity index (χ0) is 24.4. The number of piperazine rings is 1. The number of para-hydroxylation sites is 2. The number of hydrogen-bond donors (Lipinski definition) is 0. The van der Waals surface area contributed by atoms with E-state index in [-0.39, 0.29) is 0 Å². The predicted molar refractivity (Wildman–Crippen MR) is 140 cm³/mol. The maximum atomic E-state index is 5.62. The van der Waals surface area contributed by atoms with Gasteiger partial charge in [0.1, 0.15) is 17.4 Å². The Labute approximate surface area is 208 Å². The van der Waals surface area contributed by atoms with Gasteiger partial charge in [-0.15, -0.1) is 0 Å². The third-order valence-electron chi connectivity index (χ3n) is 7.58. The summed E-state index contributed by atoms with van der Waals surface area (Å²) in [6.45, 7) is 5.89. The van der Waals surface area contributed by atoms with Gasteiger partial charge < -0.3 is 24.0 Å². The molecule has 7 nitrogen and oxygen atoms in total. The highest BCUT2D eigenvalue weighted by molar-refractivity contribution is 5.92. The van der Waals surface area contributed by atoms with Gasteiger partial charge in [0.25, 0.3) is 0 Å². The fraction of sp³-hybridized carbons (Fsp3) is 0.500. The summed E-state index contributed by atoms with van der Waals surface area (Å²) in [6.07, 6.45) is 4.79. The van der Waals surface area contributed by atoms with Crippen molar-refractivity contribution in [1.82, 2.24) is 9.97 Å². The first kappa shape index (κ1) is 23.5. The number of hydrogen-bond acceptors (Lipinski definition) is 7. The van der Waals surface area contributed by atoms with E-state index in [1.54, 1.807) is 21.3 Å². The van der Waals surface area contributed by atoms with E-state index in [9.17, 15) is 0 Å². The topological polar surface area (TPSA) is 60.0 Å². The van der Waals surface area contributed by atoms with Crippen LogP contribution in [0.2, 0.25) is 0 Å². The van der Waals surface area contributed by atoms with E-state index in [1.165, 1.54) is 12.8 Å². The van der Waals surface area contributed by atoms with E-state index in [2.05, 4.69) is 28.9 Å². The Morgan fingerprint density at radius 1 is 0.743 bits per heavy atom. The largest absolute Gasteiger partial charge is 0.495 e. The number of methoxy groups -OCH3 is 3. The molecule has 0 spiro atoms. The molecule has 1 aliphatic heterocycles. The van der Waals surface area contributed by atoms with Crippen LogP contribution in [0.1, 0.15) is 44.3 Å². The Bertz CT molecular complexity index is 1170. The van der Waals surface area contributed by atoms with Crippen LogP contribution in [0.5, 0.6) is 17.2 Å². The summed E-state index contributed by atoms with van der Waals surface area (Å²) in [5.74, 6) is 5.50. The molecule has 2 aromatic carbocycles. The smallest absolute Gasteiger partial charge is 0.162 e. The number of aromatic nitrogens is 2. The molecule has 1 saturated heterocycles. The highest BCUT2D eigenvalue weighted by atomic mass is 16.5. The molecular formula is C28H36N4O3. The molecule has 2 fully saturated rings. The number of benzene rings is 2. The van der Waals surface area contributed by atoms with Crippen molar-refractivity contribution in [2.24, 2.45) is 5.92 Å². The lowest BCUT2D eigenvalue weighted by atomic mass is 9.82. The number of fused-ring (bicyclic) bond motifs is 1. The first-order valence-corrected chi connectivity index (χ1v) is 12.7. The molecule has 7 heteroatoms. The Morgan fingerprint density at radius 3 is 2.06 bits per heavy atom. The third kappa shape index (κ3) is 4.68. The minimum Gasteiger partial charge on any atom is -0.495 e. The molecule has 2 aliphatic rings. The minimum atomic E-state index is 0.414. The number of rotatable bonds is 6. The molecule has 0 radical (unpaired) electrons. The van der Waals surface area contributed by atoms with Gasteiger partial charge >= 0.3 is 0 Å². The predicted octanol–water partition coefficient (Wildman–Crippen LogP) is 5.28. The molecule has 2 heterocycles. The zero-order valence-electron chi connectivity index (χ0n) is 21.3. The maximum absolute atomic E-state index is 5.62. The molecule has 0 bridgehead atoms. The Kier molecular flexibility index (Phi) is 6.84. The van der Waals surface area contributed by atoms with Gasteiger partial charge in [0, 0.05) is 43.5 Å². The number of anilines is 2. The van der Waals surface area contributed by atoms with E-state index in [0.29, 0.717) is 17.4 Å². The fourth-order valence-corrected chi connectivity index (χ4v) is 5.45. The summed E-state index contributed by atoms with van der Waals surface area (Å²) >= 11 is 0. The van der Waals surface area contributed by atoms with Gasteiger partial charge in [-0.3, -0.25) is 0 Å². The second kappa shape index (κ2) is 10.2. The minimum absolute atomic E-state index is 0.414. The highest BCUT2D eigenvalue weighted by Crippen LogP contribution is 2.39. The van der Waals surface area contributed by atoms with E-state index in [0.717, 1.165) is 78.9 Å². The lowest BCUT2D eigenvalue weighted by molar-refractivity contribution is 0.340. The number of nitrogens with zero attached hydrogens (tertiary/aromatic N) is 4. The van der Waals surface area contributed by atoms with Crippen LogP contribution >= 0.6 is 0 Å². The summed E-state index contributed by atoms with van der Waals surface area (Å²) in [7, 11) is 5.08. The summed E-state index contributed by atoms with van der Waals surface area (Å²) in [5, 5.41) is 1.02. The van der Waals surface area contributed by atoms with Crippen LogP contribution in [-0.2, 0) is 0 Å². The van der Waals surface area contributed by atoms with Crippen LogP contribution < -0.4 is 24.0 Å². The van der Waals surface area contributed by atoms with Crippen LogP contribution in [0.15, 0.2) is 36.4 Å². The molecule has 3 aromatic rings. The van der Waals surface area contributed by atoms with Gasteiger partial charge in [-0.25, -0.2) is 9.97 Å². The second-order valence-corrected chi connectivity index (χ2v) is 9.73. The Balaban J connectivity index is 1.49. The van der Waals surface area contributed by atoms with Crippen LogP contribution in [-0.4, -0.2) is 57.5 Å². The second-order valence-electron chi connectivity index (χ2n) is 9.73.